The summed E-state index contributed by atoms with van der Waals surface area (Å²) in [5, 5.41) is 3.10. The maximum atomic E-state index is 14.2. The number of anilines is 1. The van der Waals surface area contributed by atoms with Crippen LogP contribution in [-0.4, -0.2) is 47.0 Å². The summed E-state index contributed by atoms with van der Waals surface area (Å²) >= 11 is 0. The summed E-state index contributed by atoms with van der Waals surface area (Å²) in [6, 6.07) is 14.7. The zero-order valence-corrected chi connectivity index (χ0v) is 22.3. The minimum Gasteiger partial charge on any atom is -0.488 e. The molecule has 0 bridgehead atoms. The second-order valence-corrected chi connectivity index (χ2v) is 11.7. The number of amides is 2. The van der Waals surface area contributed by atoms with Crippen LogP contribution in [0.25, 0.3) is 0 Å². The van der Waals surface area contributed by atoms with E-state index in [4.69, 9.17) is 9.73 Å². The van der Waals surface area contributed by atoms with Crippen LogP contribution in [0.1, 0.15) is 71.3 Å². The second kappa shape index (κ2) is 10.4. The van der Waals surface area contributed by atoms with Gasteiger partial charge in [0.05, 0.1) is 6.04 Å². The summed E-state index contributed by atoms with van der Waals surface area (Å²) in [6.07, 6.45) is 7.23. The Labute approximate surface area is 219 Å². The Morgan fingerprint density at radius 1 is 1.05 bits per heavy atom. The van der Waals surface area contributed by atoms with Crippen LogP contribution in [0.4, 0.5) is 14.9 Å². The molecular formula is C30H39FN4O2. The van der Waals surface area contributed by atoms with Crippen molar-refractivity contribution in [2.45, 2.75) is 89.4 Å². The van der Waals surface area contributed by atoms with Crippen LogP contribution in [0.2, 0.25) is 0 Å². The minimum absolute atomic E-state index is 0.208. The van der Waals surface area contributed by atoms with Gasteiger partial charge in [0, 0.05) is 25.3 Å². The number of nitrogens with one attached hydrogen (secondary N) is 1. The molecule has 7 heteroatoms. The molecule has 5 rings (SSSR count). The molecule has 37 heavy (non-hydrogen) atoms. The monoisotopic (exact) mass is 506 g/mol. The maximum absolute atomic E-state index is 14.2. The summed E-state index contributed by atoms with van der Waals surface area (Å²) in [5.41, 5.74) is 0.978. The molecule has 3 aliphatic rings. The van der Waals surface area contributed by atoms with Gasteiger partial charge in [-0.1, -0.05) is 37.5 Å². The van der Waals surface area contributed by atoms with E-state index in [9.17, 15) is 9.18 Å². The molecule has 0 unspecified atom stereocenters. The highest BCUT2D eigenvalue weighted by atomic mass is 19.1. The Hall–Kier alpha value is -2.93. The van der Waals surface area contributed by atoms with Gasteiger partial charge >= 0.3 is 6.03 Å². The van der Waals surface area contributed by atoms with Gasteiger partial charge in [-0.05, 0) is 82.3 Å². The Morgan fingerprint density at radius 2 is 1.78 bits per heavy atom. The lowest BCUT2D eigenvalue weighted by Crippen LogP contribution is -2.57. The molecule has 2 aliphatic heterocycles. The average molecular weight is 507 g/mol. The normalized spacial score (nSPS) is 22.0. The number of ether oxygens (including phenoxy) is 1. The van der Waals surface area contributed by atoms with Crippen molar-refractivity contribution >= 4 is 17.6 Å². The number of urea groups is 1. The third kappa shape index (κ3) is 5.82. The van der Waals surface area contributed by atoms with Gasteiger partial charge in [0.25, 0.3) is 0 Å². The van der Waals surface area contributed by atoms with E-state index in [1.165, 1.54) is 37.0 Å². The highest BCUT2D eigenvalue weighted by molar-refractivity contribution is 6.19. The van der Waals surface area contributed by atoms with Crippen molar-refractivity contribution in [2.75, 3.05) is 18.0 Å². The molecule has 2 aromatic carbocycles. The number of aliphatic imine (C=N–C) groups is 1. The maximum Gasteiger partial charge on any atom is 0.328 e. The van der Waals surface area contributed by atoms with Crippen LogP contribution < -0.4 is 15.0 Å². The predicted molar refractivity (Wildman–Crippen MR) is 146 cm³/mol. The van der Waals surface area contributed by atoms with Crippen LogP contribution in [0.5, 0.6) is 5.75 Å². The molecule has 1 saturated carbocycles. The summed E-state index contributed by atoms with van der Waals surface area (Å²) in [5.74, 6) is 1.31. The van der Waals surface area contributed by atoms with Gasteiger partial charge in [-0.25, -0.2) is 9.18 Å². The predicted octanol–water partition coefficient (Wildman–Crippen LogP) is 6.30. The first-order valence-electron chi connectivity index (χ1n) is 13.7. The summed E-state index contributed by atoms with van der Waals surface area (Å²) in [4.78, 5) is 22.6. The van der Waals surface area contributed by atoms with Crippen molar-refractivity contribution < 1.29 is 13.9 Å². The Morgan fingerprint density at radius 3 is 2.49 bits per heavy atom. The third-order valence-corrected chi connectivity index (χ3v) is 7.66. The highest BCUT2D eigenvalue weighted by Crippen LogP contribution is 2.39. The molecule has 1 spiro atoms. The van der Waals surface area contributed by atoms with Gasteiger partial charge in [-0.3, -0.25) is 20.1 Å². The molecule has 198 valence electrons. The van der Waals surface area contributed by atoms with Gasteiger partial charge in [-0.2, -0.15) is 0 Å². The van der Waals surface area contributed by atoms with E-state index in [1.807, 2.05) is 18.2 Å². The summed E-state index contributed by atoms with van der Waals surface area (Å²) in [6.45, 7) is 8.60. The van der Waals surface area contributed by atoms with E-state index >= 15 is 0 Å². The van der Waals surface area contributed by atoms with Gasteiger partial charge < -0.3 is 4.74 Å². The quantitative estimate of drug-likeness (QED) is 0.518. The lowest BCUT2D eigenvalue weighted by molar-refractivity contribution is 0.130. The van der Waals surface area contributed by atoms with Crippen LogP contribution in [0.15, 0.2) is 53.5 Å². The zero-order chi connectivity index (χ0) is 26.0. The fraction of sp³-hybridized carbons (Fsp3) is 0.533. The molecule has 0 aromatic heterocycles. The number of carbonyl (C=O) groups excluding carboxylic acids is 1. The fourth-order valence-corrected chi connectivity index (χ4v) is 5.96. The molecule has 2 aromatic rings. The molecule has 2 amide bonds. The Kier molecular flexibility index (Phi) is 7.26. The number of nitrogens with zero attached hydrogens (tertiary/aromatic N) is 3. The zero-order valence-electron chi connectivity index (χ0n) is 22.3. The van der Waals surface area contributed by atoms with Gasteiger partial charge in [0.15, 0.2) is 0 Å². The first-order chi connectivity index (χ1) is 17.7. The van der Waals surface area contributed by atoms with E-state index in [1.54, 1.807) is 11.0 Å². The smallest absolute Gasteiger partial charge is 0.328 e. The van der Waals surface area contributed by atoms with Gasteiger partial charge in [0.2, 0.25) is 0 Å². The SMILES string of the molecule is CC(C)(C)Oc1cccc(CN2CCC3(CC2)C(=NC2CCCCC2)NC(=O)N3c2cccc(F)c2)c1. The largest absolute Gasteiger partial charge is 0.488 e. The first-order valence-corrected chi connectivity index (χ1v) is 13.7. The molecule has 2 saturated heterocycles. The van der Waals surface area contributed by atoms with E-state index in [2.05, 4.69) is 43.1 Å². The van der Waals surface area contributed by atoms with Crippen molar-refractivity contribution in [3.8, 4) is 5.75 Å². The van der Waals surface area contributed by atoms with Gasteiger partial charge in [-0.15, -0.1) is 0 Å². The number of likely N-dealkylation sites (tertiary alicyclic amines) is 1. The number of rotatable bonds is 5. The molecule has 3 fully saturated rings. The number of halogens is 1. The third-order valence-electron chi connectivity index (χ3n) is 7.66. The molecule has 2 heterocycles. The Bertz CT molecular complexity index is 1140. The number of hydrogen-bond acceptors (Lipinski definition) is 4. The fourth-order valence-electron chi connectivity index (χ4n) is 5.96. The topological polar surface area (TPSA) is 57.2 Å². The van der Waals surface area contributed by atoms with E-state index < -0.39 is 5.54 Å². The molecule has 1 N–H and O–H groups in total. The highest BCUT2D eigenvalue weighted by Gasteiger charge is 2.53. The Balaban J connectivity index is 1.37. The van der Waals surface area contributed by atoms with Gasteiger partial charge in [0.1, 0.15) is 28.5 Å². The number of piperidine rings is 1. The summed E-state index contributed by atoms with van der Waals surface area (Å²) in [7, 11) is 0. The van der Waals surface area contributed by atoms with Crippen molar-refractivity contribution in [1.29, 1.82) is 0 Å². The second-order valence-electron chi connectivity index (χ2n) is 11.7. The van der Waals surface area contributed by atoms with Crippen LogP contribution in [0, 0.1) is 5.82 Å². The molecule has 0 radical (unpaired) electrons. The lowest BCUT2D eigenvalue weighted by Gasteiger charge is -2.44. The van der Waals surface area contributed by atoms with Crippen molar-refractivity contribution in [3.63, 3.8) is 0 Å². The number of amidine groups is 1. The van der Waals surface area contributed by atoms with Crippen LogP contribution in [-0.2, 0) is 6.54 Å². The number of hydrogen-bond donors (Lipinski definition) is 1. The molecule has 1 aliphatic carbocycles. The minimum atomic E-state index is -0.573. The average Bonchev–Trinajstić information content (AvgIpc) is 3.10. The lowest BCUT2D eigenvalue weighted by atomic mass is 9.84. The van der Waals surface area contributed by atoms with E-state index in [0.29, 0.717) is 5.69 Å². The number of benzene rings is 2. The molecule has 0 atom stereocenters. The van der Waals surface area contributed by atoms with Crippen LogP contribution in [0.3, 0.4) is 0 Å². The van der Waals surface area contributed by atoms with Crippen molar-refractivity contribution in [3.05, 3.63) is 59.9 Å². The summed E-state index contributed by atoms with van der Waals surface area (Å²) < 4.78 is 20.3. The van der Waals surface area contributed by atoms with Crippen LogP contribution >= 0.6 is 0 Å². The van der Waals surface area contributed by atoms with Crippen molar-refractivity contribution in [2.24, 2.45) is 4.99 Å². The van der Waals surface area contributed by atoms with Crippen molar-refractivity contribution in [1.82, 2.24) is 10.2 Å². The van der Waals surface area contributed by atoms with E-state index in [0.717, 1.165) is 56.9 Å². The first kappa shape index (κ1) is 25.7. The number of carbonyl (C=O) groups is 1. The standard InChI is InChI=1S/C30H39FN4O2/c1-29(2,3)37-26-14-7-9-22(19-26)21-34-17-15-30(16-18-34)27(32-24-11-5-4-6-12-24)33-28(36)35(30)25-13-8-10-23(31)20-25/h7-10,13-14,19-20,24H,4-6,11-12,15-18,21H2,1-3H3,(H,32,33,36). The molecular weight excluding hydrogens is 467 g/mol. The van der Waals surface area contributed by atoms with E-state index in [-0.39, 0.29) is 23.5 Å². The molecule has 6 nitrogen and oxygen atoms in total.